The predicted octanol–water partition coefficient (Wildman–Crippen LogP) is 2.22. The van der Waals surface area contributed by atoms with Crippen molar-refractivity contribution in [1.82, 2.24) is 4.90 Å². The molecule has 0 fully saturated rings. The van der Waals surface area contributed by atoms with Crippen LogP contribution in [0, 0.1) is 0 Å². The molecule has 1 aromatic carbocycles. The SMILES string of the molecule is CN1CCc2c(sc(NC(=O)/C=C/c3ccc4c(c3)OCO4)c2C(N)=O)C1. The minimum atomic E-state index is -0.507. The first-order chi connectivity index (χ1) is 13.0. The van der Waals surface area contributed by atoms with Gasteiger partial charge in [0.05, 0.1) is 5.56 Å². The zero-order chi connectivity index (χ0) is 19.0. The average Bonchev–Trinajstić information content (AvgIpc) is 3.22. The topological polar surface area (TPSA) is 93.9 Å². The minimum absolute atomic E-state index is 0.205. The van der Waals surface area contributed by atoms with Crippen LogP contribution in [0.2, 0.25) is 0 Å². The second-order valence-corrected chi connectivity index (χ2v) is 7.60. The number of thiophene rings is 1. The van der Waals surface area contributed by atoms with Crippen molar-refractivity contribution in [2.75, 3.05) is 25.7 Å². The molecular weight excluding hydrogens is 366 g/mol. The van der Waals surface area contributed by atoms with Gasteiger partial charge in [-0.15, -0.1) is 11.3 Å². The van der Waals surface area contributed by atoms with Crippen LogP contribution in [0.3, 0.4) is 0 Å². The summed E-state index contributed by atoms with van der Waals surface area (Å²) in [5.41, 5.74) is 7.78. The number of amides is 2. The molecule has 3 N–H and O–H groups in total. The largest absolute Gasteiger partial charge is 0.454 e. The highest BCUT2D eigenvalue weighted by Gasteiger charge is 2.26. The van der Waals surface area contributed by atoms with Gasteiger partial charge in [-0.25, -0.2) is 0 Å². The van der Waals surface area contributed by atoms with Crippen LogP contribution in [-0.2, 0) is 17.8 Å². The first-order valence-corrected chi connectivity index (χ1v) is 9.34. The number of rotatable bonds is 4. The van der Waals surface area contributed by atoms with E-state index in [2.05, 4.69) is 10.2 Å². The summed E-state index contributed by atoms with van der Waals surface area (Å²) in [7, 11) is 2.03. The molecule has 0 unspecified atom stereocenters. The number of anilines is 1. The van der Waals surface area contributed by atoms with E-state index in [9.17, 15) is 9.59 Å². The summed E-state index contributed by atoms with van der Waals surface area (Å²) < 4.78 is 10.6. The van der Waals surface area contributed by atoms with Crippen molar-refractivity contribution in [2.24, 2.45) is 5.73 Å². The highest BCUT2D eigenvalue weighted by atomic mass is 32.1. The Morgan fingerprint density at radius 1 is 1.30 bits per heavy atom. The molecule has 0 saturated carbocycles. The fourth-order valence-electron chi connectivity index (χ4n) is 3.22. The Bertz CT molecular complexity index is 951. The predicted molar refractivity (Wildman–Crippen MR) is 103 cm³/mol. The Kier molecular flexibility index (Phi) is 4.59. The summed E-state index contributed by atoms with van der Waals surface area (Å²) in [5, 5.41) is 3.32. The first-order valence-electron chi connectivity index (χ1n) is 8.53. The van der Waals surface area contributed by atoms with E-state index in [0.717, 1.165) is 35.5 Å². The van der Waals surface area contributed by atoms with E-state index in [-0.39, 0.29) is 12.7 Å². The van der Waals surface area contributed by atoms with Gasteiger partial charge < -0.3 is 25.4 Å². The fraction of sp³-hybridized carbons (Fsp3) is 0.263. The van der Waals surface area contributed by atoms with Crippen LogP contribution in [0.25, 0.3) is 6.08 Å². The van der Waals surface area contributed by atoms with Crippen LogP contribution in [0.15, 0.2) is 24.3 Å². The maximum atomic E-state index is 12.4. The number of primary amides is 1. The van der Waals surface area contributed by atoms with Crippen molar-refractivity contribution < 1.29 is 19.1 Å². The van der Waals surface area contributed by atoms with Gasteiger partial charge in [0.25, 0.3) is 5.91 Å². The van der Waals surface area contributed by atoms with Crippen LogP contribution in [0.5, 0.6) is 11.5 Å². The van der Waals surface area contributed by atoms with Gasteiger partial charge in [-0.05, 0) is 42.8 Å². The molecule has 3 heterocycles. The molecule has 27 heavy (non-hydrogen) atoms. The number of ether oxygens (including phenoxy) is 2. The molecule has 2 amide bonds. The maximum Gasteiger partial charge on any atom is 0.251 e. The second kappa shape index (κ2) is 7.05. The van der Waals surface area contributed by atoms with E-state index >= 15 is 0 Å². The van der Waals surface area contributed by atoms with E-state index in [0.29, 0.717) is 22.1 Å². The van der Waals surface area contributed by atoms with Crippen molar-refractivity contribution in [3.63, 3.8) is 0 Å². The van der Waals surface area contributed by atoms with Crippen molar-refractivity contribution in [2.45, 2.75) is 13.0 Å². The molecule has 8 heteroatoms. The number of benzene rings is 1. The van der Waals surface area contributed by atoms with Crippen LogP contribution >= 0.6 is 11.3 Å². The third-order valence-corrected chi connectivity index (χ3v) is 5.69. The molecule has 0 bridgehead atoms. The Hall–Kier alpha value is -2.84. The summed E-state index contributed by atoms with van der Waals surface area (Å²) in [6.07, 6.45) is 3.86. The van der Waals surface area contributed by atoms with Crippen molar-refractivity contribution >= 4 is 34.2 Å². The summed E-state index contributed by atoms with van der Waals surface area (Å²) in [4.78, 5) is 27.5. The highest BCUT2D eigenvalue weighted by molar-refractivity contribution is 7.17. The number of nitrogens with one attached hydrogen (secondary N) is 1. The van der Waals surface area contributed by atoms with E-state index in [1.807, 2.05) is 13.1 Å². The van der Waals surface area contributed by atoms with Gasteiger partial charge in [-0.2, -0.15) is 0 Å². The molecule has 0 radical (unpaired) electrons. The van der Waals surface area contributed by atoms with Crippen LogP contribution in [0.1, 0.15) is 26.4 Å². The summed E-state index contributed by atoms with van der Waals surface area (Å²) >= 11 is 1.42. The number of likely N-dealkylation sites (N-methyl/N-ethyl adjacent to an activating group) is 1. The summed E-state index contributed by atoms with van der Waals surface area (Å²) in [6, 6.07) is 5.45. The number of carbonyl (C=O) groups is 2. The van der Waals surface area contributed by atoms with E-state index < -0.39 is 5.91 Å². The summed E-state index contributed by atoms with van der Waals surface area (Å²) in [6.45, 7) is 1.82. The van der Waals surface area contributed by atoms with E-state index in [4.69, 9.17) is 15.2 Å². The molecular formula is C19H19N3O4S. The lowest BCUT2D eigenvalue weighted by atomic mass is 10.0. The van der Waals surface area contributed by atoms with Crippen molar-refractivity contribution in [3.05, 3.63) is 45.8 Å². The monoisotopic (exact) mass is 385 g/mol. The third-order valence-electron chi connectivity index (χ3n) is 4.55. The molecule has 0 saturated heterocycles. The Morgan fingerprint density at radius 3 is 2.93 bits per heavy atom. The number of nitrogens with zero attached hydrogens (tertiary/aromatic N) is 1. The molecule has 2 aromatic rings. The van der Waals surface area contributed by atoms with Gasteiger partial charge in [0.15, 0.2) is 11.5 Å². The van der Waals surface area contributed by atoms with Crippen LogP contribution < -0.4 is 20.5 Å². The lowest BCUT2D eigenvalue weighted by molar-refractivity contribution is -0.111. The number of hydrogen-bond acceptors (Lipinski definition) is 6. The molecule has 0 aliphatic carbocycles. The Balaban J connectivity index is 1.52. The standard InChI is InChI=1S/C19H19N3O4S/c1-22-7-6-12-15(9-22)27-19(17(12)18(20)24)21-16(23)5-3-11-2-4-13-14(8-11)26-10-25-13/h2-5,8H,6-7,9-10H2,1H3,(H2,20,24)(H,21,23)/b5-3+. The van der Waals surface area contributed by atoms with E-state index in [1.54, 1.807) is 18.2 Å². The Morgan fingerprint density at radius 2 is 2.11 bits per heavy atom. The quantitative estimate of drug-likeness (QED) is 0.787. The van der Waals surface area contributed by atoms with Gasteiger partial charge in [0.2, 0.25) is 12.7 Å². The molecule has 7 nitrogen and oxygen atoms in total. The number of fused-ring (bicyclic) bond motifs is 2. The second-order valence-electron chi connectivity index (χ2n) is 6.50. The minimum Gasteiger partial charge on any atom is -0.454 e. The van der Waals surface area contributed by atoms with Crippen LogP contribution in [0.4, 0.5) is 5.00 Å². The lowest BCUT2D eigenvalue weighted by Crippen LogP contribution is -2.27. The highest BCUT2D eigenvalue weighted by Crippen LogP contribution is 2.37. The van der Waals surface area contributed by atoms with E-state index in [1.165, 1.54) is 17.4 Å². The van der Waals surface area contributed by atoms with Gasteiger partial charge in [-0.3, -0.25) is 9.59 Å². The van der Waals surface area contributed by atoms with Crippen molar-refractivity contribution in [1.29, 1.82) is 0 Å². The van der Waals surface area contributed by atoms with Gasteiger partial charge in [0.1, 0.15) is 5.00 Å². The Labute approximate surface area is 160 Å². The molecule has 4 rings (SSSR count). The third kappa shape index (κ3) is 3.54. The number of hydrogen-bond donors (Lipinski definition) is 2. The first kappa shape index (κ1) is 17.6. The number of carbonyl (C=O) groups excluding carboxylic acids is 2. The maximum absolute atomic E-state index is 12.4. The van der Waals surface area contributed by atoms with Gasteiger partial charge in [0, 0.05) is 24.0 Å². The molecule has 1 aromatic heterocycles. The summed E-state index contributed by atoms with van der Waals surface area (Å²) in [5.74, 6) is 0.523. The van der Waals surface area contributed by atoms with Crippen molar-refractivity contribution in [3.8, 4) is 11.5 Å². The zero-order valence-electron chi connectivity index (χ0n) is 14.8. The number of nitrogens with two attached hydrogens (primary N) is 1. The zero-order valence-corrected chi connectivity index (χ0v) is 15.6. The van der Waals surface area contributed by atoms with Gasteiger partial charge in [-0.1, -0.05) is 6.07 Å². The average molecular weight is 385 g/mol. The molecule has 0 spiro atoms. The molecule has 2 aliphatic rings. The normalized spacial score (nSPS) is 15.7. The molecule has 0 atom stereocenters. The smallest absolute Gasteiger partial charge is 0.251 e. The molecule has 140 valence electrons. The molecule has 2 aliphatic heterocycles. The van der Waals surface area contributed by atoms with Crippen LogP contribution in [-0.4, -0.2) is 37.1 Å². The fourth-order valence-corrected chi connectivity index (χ4v) is 4.56. The lowest BCUT2D eigenvalue weighted by Gasteiger charge is -2.22. The van der Waals surface area contributed by atoms with Gasteiger partial charge >= 0.3 is 0 Å².